The normalized spacial score (nSPS) is 10.1. The zero-order valence-electron chi connectivity index (χ0n) is 8.23. The van der Waals surface area contributed by atoms with Crippen LogP contribution in [-0.4, -0.2) is 27.8 Å². The van der Waals surface area contributed by atoms with Crippen LogP contribution in [0.5, 0.6) is 0 Å². The Morgan fingerprint density at radius 3 is 3.07 bits per heavy atom. The standard InChI is InChI=1S/C9H15N3O2/c1-2-5-12-6-3-10-8(9(12)14)11-4-7-13/h3,6,13H,2,4-5,7H2,1H3,(H,10,11). The summed E-state index contributed by atoms with van der Waals surface area (Å²) in [5, 5.41) is 11.4. The van der Waals surface area contributed by atoms with E-state index in [4.69, 9.17) is 5.11 Å². The molecule has 1 rings (SSSR count). The van der Waals surface area contributed by atoms with E-state index >= 15 is 0 Å². The maximum absolute atomic E-state index is 11.6. The molecule has 0 aliphatic carbocycles. The maximum Gasteiger partial charge on any atom is 0.293 e. The molecule has 0 saturated carbocycles. The highest BCUT2D eigenvalue weighted by Gasteiger charge is 2.02. The van der Waals surface area contributed by atoms with Gasteiger partial charge in [-0.3, -0.25) is 4.79 Å². The van der Waals surface area contributed by atoms with E-state index in [1.807, 2.05) is 6.92 Å². The van der Waals surface area contributed by atoms with Crippen molar-refractivity contribution in [3.63, 3.8) is 0 Å². The Bertz CT molecular complexity index is 335. The molecule has 0 amide bonds. The first kappa shape index (κ1) is 10.7. The van der Waals surface area contributed by atoms with Crippen LogP contribution in [0.25, 0.3) is 0 Å². The highest BCUT2D eigenvalue weighted by molar-refractivity contribution is 5.30. The molecule has 0 aromatic carbocycles. The van der Waals surface area contributed by atoms with E-state index in [-0.39, 0.29) is 12.2 Å². The summed E-state index contributed by atoms with van der Waals surface area (Å²) in [4.78, 5) is 15.5. The number of aliphatic hydroxyl groups excluding tert-OH is 1. The fourth-order valence-corrected chi connectivity index (χ4v) is 1.16. The lowest BCUT2D eigenvalue weighted by Crippen LogP contribution is -2.25. The van der Waals surface area contributed by atoms with Gasteiger partial charge in [-0.05, 0) is 6.42 Å². The number of nitrogens with one attached hydrogen (secondary N) is 1. The first-order chi connectivity index (χ1) is 6.79. The molecule has 1 aromatic rings. The van der Waals surface area contributed by atoms with Crippen LogP contribution in [0.2, 0.25) is 0 Å². The van der Waals surface area contributed by atoms with Crippen molar-refractivity contribution in [2.45, 2.75) is 19.9 Å². The van der Waals surface area contributed by atoms with Crippen LogP contribution in [-0.2, 0) is 6.54 Å². The van der Waals surface area contributed by atoms with Gasteiger partial charge < -0.3 is 15.0 Å². The van der Waals surface area contributed by atoms with Crippen molar-refractivity contribution in [2.75, 3.05) is 18.5 Å². The average molecular weight is 197 g/mol. The molecule has 2 N–H and O–H groups in total. The minimum Gasteiger partial charge on any atom is -0.395 e. The van der Waals surface area contributed by atoms with Crippen molar-refractivity contribution in [2.24, 2.45) is 0 Å². The number of nitrogens with zero attached hydrogens (tertiary/aromatic N) is 2. The van der Waals surface area contributed by atoms with Gasteiger partial charge in [0, 0.05) is 25.5 Å². The van der Waals surface area contributed by atoms with Crippen LogP contribution in [0, 0.1) is 0 Å². The molecular formula is C9H15N3O2. The molecular weight excluding hydrogens is 182 g/mol. The predicted octanol–water partition coefficient (Wildman–Crippen LogP) is 0.0575. The van der Waals surface area contributed by atoms with Crippen LogP contribution < -0.4 is 10.9 Å². The third kappa shape index (κ3) is 2.56. The van der Waals surface area contributed by atoms with E-state index in [0.29, 0.717) is 18.9 Å². The minimum absolute atomic E-state index is 0.0101. The molecule has 0 bridgehead atoms. The zero-order chi connectivity index (χ0) is 10.4. The fraction of sp³-hybridized carbons (Fsp3) is 0.556. The molecule has 0 spiro atoms. The summed E-state index contributed by atoms with van der Waals surface area (Å²) < 4.78 is 1.60. The predicted molar refractivity (Wildman–Crippen MR) is 54.4 cm³/mol. The smallest absolute Gasteiger partial charge is 0.293 e. The SMILES string of the molecule is CCCn1ccnc(NCCO)c1=O. The third-order valence-corrected chi connectivity index (χ3v) is 1.78. The number of aliphatic hydroxyl groups is 1. The Kier molecular flexibility index (Phi) is 4.12. The Balaban J connectivity index is 2.84. The quantitative estimate of drug-likeness (QED) is 0.700. The van der Waals surface area contributed by atoms with Crippen molar-refractivity contribution in [1.29, 1.82) is 0 Å². The molecule has 78 valence electrons. The molecule has 5 nitrogen and oxygen atoms in total. The average Bonchev–Trinajstić information content (AvgIpc) is 2.20. The largest absolute Gasteiger partial charge is 0.395 e. The van der Waals surface area contributed by atoms with Crippen molar-refractivity contribution >= 4 is 5.82 Å². The molecule has 0 unspecified atom stereocenters. The first-order valence-electron chi connectivity index (χ1n) is 4.69. The Morgan fingerprint density at radius 2 is 2.43 bits per heavy atom. The van der Waals surface area contributed by atoms with Gasteiger partial charge in [-0.2, -0.15) is 0 Å². The maximum atomic E-state index is 11.6. The summed E-state index contributed by atoms with van der Waals surface area (Å²) >= 11 is 0. The number of aromatic nitrogens is 2. The lowest BCUT2D eigenvalue weighted by Gasteiger charge is -2.06. The summed E-state index contributed by atoms with van der Waals surface area (Å²) in [6, 6.07) is 0. The minimum atomic E-state index is -0.136. The van der Waals surface area contributed by atoms with Crippen molar-refractivity contribution in [3.05, 3.63) is 22.7 Å². The van der Waals surface area contributed by atoms with Gasteiger partial charge in [-0.25, -0.2) is 4.98 Å². The number of hydrogen-bond donors (Lipinski definition) is 2. The molecule has 0 aliphatic rings. The lowest BCUT2D eigenvalue weighted by atomic mass is 10.4. The molecule has 0 atom stereocenters. The van der Waals surface area contributed by atoms with Crippen LogP contribution >= 0.6 is 0 Å². The molecule has 0 radical (unpaired) electrons. The van der Waals surface area contributed by atoms with Crippen LogP contribution in [0.15, 0.2) is 17.2 Å². The Labute approximate surface area is 82.4 Å². The second-order valence-corrected chi connectivity index (χ2v) is 2.92. The highest BCUT2D eigenvalue weighted by Crippen LogP contribution is 1.93. The number of aryl methyl sites for hydroxylation is 1. The van der Waals surface area contributed by atoms with E-state index in [2.05, 4.69) is 10.3 Å². The van der Waals surface area contributed by atoms with E-state index in [1.54, 1.807) is 17.0 Å². The van der Waals surface area contributed by atoms with E-state index < -0.39 is 0 Å². The summed E-state index contributed by atoms with van der Waals surface area (Å²) in [7, 11) is 0. The summed E-state index contributed by atoms with van der Waals surface area (Å²) in [5.74, 6) is 0.301. The molecule has 0 saturated heterocycles. The summed E-state index contributed by atoms with van der Waals surface area (Å²) in [6.45, 7) is 3.03. The van der Waals surface area contributed by atoms with E-state index in [1.165, 1.54) is 0 Å². The van der Waals surface area contributed by atoms with Crippen molar-refractivity contribution in [1.82, 2.24) is 9.55 Å². The van der Waals surface area contributed by atoms with Gasteiger partial charge in [0.15, 0.2) is 5.82 Å². The monoisotopic (exact) mass is 197 g/mol. The molecule has 14 heavy (non-hydrogen) atoms. The van der Waals surface area contributed by atoms with Gasteiger partial charge in [-0.15, -0.1) is 0 Å². The number of hydrogen-bond acceptors (Lipinski definition) is 4. The zero-order valence-corrected chi connectivity index (χ0v) is 8.23. The Hall–Kier alpha value is -1.36. The number of rotatable bonds is 5. The van der Waals surface area contributed by atoms with Crippen molar-refractivity contribution < 1.29 is 5.11 Å². The van der Waals surface area contributed by atoms with Gasteiger partial charge in [0.05, 0.1) is 6.61 Å². The molecule has 1 aromatic heterocycles. The lowest BCUT2D eigenvalue weighted by molar-refractivity contribution is 0.311. The molecule has 1 heterocycles. The number of anilines is 1. The Morgan fingerprint density at radius 1 is 1.64 bits per heavy atom. The molecule has 0 aliphatic heterocycles. The fourth-order valence-electron chi connectivity index (χ4n) is 1.16. The second-order valence-electron chi connectivity index (χ2n) is 2.92. The third-order valence-electron chi connectivity index (χ3n) is 1.78. The summed E-state index contributed by atoms with van der Waals surface area (Å²) in [6.07, 6.45) is 4.15. The van der Waals surface area contributed by atoms with Gasteiger partial charge >= 0.3 is 0 Å². The van der Waals surface area contributed by atoms with Crippen LogP contribution in [0.1, 0.15) is 13.3 Å². The topological polar surface area (TPSA) is 67.2 Å². The second kappa shape index (κ2) is 5.39. The van der Waals surface area contributed by atoms with Gasteiger partial charge in [0.25, 0.3) is 5.56 Å². The van der Waals surface area contributed by atoms with Gasteiger partial charge in [0.2, 0.25) is 0 Å². The van der Waals surface area contributed by atoms with E-state index in [0.717, 1.165) is 6.42 Å². The highest BCUT2D eigenvalue weighted by atomic mass is 16.3. The molecule has 5 heteroatoms. The van der Waals surface area contributed by atoms with Crippen molar-refractivity contribution in [3.8, 4) is 0 Å². The first-order valence-corrected chi connectivity index (χ1v) is 4.69. The van der Waals surface area contributed by atoms with E-state index in [9.17, 15) is 4.79 Å². The summed E-state index contributed by atoms with van der Waals surface area (Å²) in [5.41, 5.74) is -0.136. The molecule has 0 fully saturated rings. The van der Waals surface area contributed by atoms with Gasteiger partial charge in [0.1, 0.15) is 0 Å². The van der Waals surface area contributed by atoms with Gasteiger partial charge in [-0.1, -0.05) is 6.92 Å². The van der Waals surface area contributed by atoms with Crippen LogP contribution in [0.4, 0.5) is 5.82 Å². The van der Waals surface area contributed by atoms with Crippen LogP contribution in [0.3, 0.4) is 0 Å².